The first kappa shape index (κ1) is 72.4. The predicted octanol–water partition coefficient (Wildman–Crippen LogP) is 23.1. The molecule has 0 rings (SSSR count). The van der Waals surface area contributed by atoms with E-state index in [9.17, 15) is 14.4 Å². The molecule has 0 heterocycles. The van der Waals surface area contributed by atoms with Crippen LogP contribution in [0.4, 0.5) is 0 Å². The SMILES string of the molecule is CCCCCCCCCCCCCCCCCCCCCCCCCC(=O)OCC(COC(=O)CCCCCCCCCCCCCCCC)OC(=O)CCCCCCCCCCCCCCCCCCCCC. The summed E-state index contributed by atoms with van der Waals surface area (Å²) in [5.74, 6) is -0.821. The number of carbonyl (C=O) groups excluding carboxylic acids is 3. The van der Waals surface area contributed by atoms with E-state index in [0.717, 1.165) is 57.8 Å². The van der Waals surface area contributed by atoms with Crippen molar-refractivity contribution in [1.82, 2.24) is 0 Å². The van der Waals surface area contributed by atoms with E-state index < -0.39 is 6.10 Å². The minimum atomic E-state index is -0.763. The molecular weight excluding hydrogens is 913 g/mol. The average Bonchev–Trinajstić information content (AvgIpc) is 3.40. The molecule has 0 saturated heterocycles. The normalized spacial score (nSPS) is 11.9. The summed E-state index contributed by atoms with van der Waals surface area (Å²) < 4.78 is 17.0. The molecule has 6 heteroatoms. The van der Waals surface area contributed by atoms with Gasteiger partial charge in [0.2, 0.25) is 0 Å². The van der Waals surface area contributed by atoms with E-state index in [1.807, 2.05) is 0 Å². The average molecular weight is 1050 g/mol. The molecule has 0 aliphatic carbocycles. The standard InChI is InChI=1S/C68H132O6/c1-4-7-10-13-16-19-22-25-28-30-32-33-34-35-37-38-40-43-46-49-52-55-58-61-67(70)73-64-65(63-72-66(69)60-57-54-51-48-45-42-27-24-21-18-15-12-9-6-3)74-68(71)62-59-56-53-50-47-44-41-39-36-31-29-26-23-20-17-14-11-8-5-2/h65H,4-64H2,1-3H3. The van der Waals surface area contributed by atoms with Gasteiger partial charge in [0.15, 0.2) is 6.10 Å². The van der Waals surface area contributed by atoms with Crippen molar-refractivity contribution in [1.29, 1.82) is 0 Å². The van der Waals surface area contributed by atoms with Crippen LogP contribution in [-0.2, 0) is 28.6 Å². The zero-order valence-electron chi connectivity index (χ0n) is 50.7. The van der Waals surface area contributed by atoms with Crippen LogP contribution in [0.25, 0.3) is 0 Å². The van der Waals surface area contributed by atoms with Gasteiger partial charge < -0.3 is 14.2 Å². The first-order valence-corrected chi connectivity index (χ1v) is 34.0. The van der Waals surface area contributed by atoms with E-state index in [4.69, 9.17) is 14.2 Å². The first-order chi connectivity index (χ1) is 36.5. The maximum absolute atomic E-state index is 12.9. The third-order valence-electron chi connectivity index (χ3n) is 15.9. The molecule has 0 bridgehead atoms. The molecule has 0 spiro atoms. The third-order valence-corrected chi connectivity index (χ3v) is 15.9. The van der Waals surface area contributed by atoms with E-state index in [2.05, 4.69) is 20.8 Å². The van der Waals surface area contributed by atoms with Gasteiger partial charge in [-0.3, -0.25) is 14.4 Å². The van der Waals surface area contributed by atoms with Crippen molar-refractivity contribution in [3.63, 3.8) is 0 Å². The molecule has 0 saturated carbocycles. The molecular formula is C68H132O6. The quantitative estimate of drug-likeness (QED) is 0.0343. The minimum absolute atomic E-state index is 0.0603. The van der Waals surface area contributed by atoms with Gasteiger partial charge in [0.25, 0.3) is 0 Å². The van der Waals surface area contributed by atoms with Crippen LogP contribution in [0.15, 0.2) is 0 Å². The highest BCUT2D eigenvalue weighted by Crippen LogP contribution is 2.19. The highest BCUT2D eigenvalue weighted by molar-refractivity contribution is 5.71. The molecule has 0 aromatic heterocycles. The number of carbonyl (C=O) groups is 3. The molecule has 0 aliphatic heterocycles. The number of rotatable bonds is 64. The Bertz CT molecular complexity index is 1110. The van der Waals surface area contributed by atoms with E-state index in [1.165, 1.54) is 302 Å². The summed E-state index contributed by atoms with van der Waals surface area (Å²) in [4.78, 5) is 38.4. The molecule has 0 N–H and O–H groups in total. The maximum atomic E-state index is 12.9. The van der Waals surface area contributed by atoms with Gasteiger partial charge in [-0.1, -0.05) is 361 Å². The summed E-state index contributed by atoms with van der Waals surface area (Å²) in [5.41, 5.74) is 0. The highest BCUT2D eigenvalue weighted by atomic mass is 16.6. The summed E-state index contributed by atoms with van der Waals surface area (Å²) in [6.45, 7) is 6.74. The van der Waals surface area contributed by atoms with Crippen LogP contribution >= 0.6 is 0 Å². The van der Waals surface area contributed by atoms with Gasteiger partial charge in [-0.15, -0.1) is 0 Å². The first-order valence-electron chi connectivity index (χ1n) is 34.0. The number of esters is 3. The van der Waals surface area contributed by atoms with Crippen LogP contribution in [0.3, 0.4) is 0 Å². The fourth-order valence-corrected chi connectivity index (χ4v) is 10.7. The summed E-state index contributed by atoms with van der Waals surface area (Å²) in [6.07, 6.45) is 74.1. The fourth-order valence-electron chi connectivity index (χ4n) is 10.7. The van der Waals surface area contributed by atoms with Crippen LogP contribution in [0.1, 0.15) is 400 Å². The lowest BCUT2D eigenvalue weighted by Gasteiger charge is -2.18. The van der Waals surface area contributed by atoms with Crippen LogP contribution < -0.4 is 0 Å². The second kappa shape index (κ2) is 63.9. The van der Waals surface area contributed by atoms with Gasteiger partial charge in [-0.2, -0.15) is 0 Å². The lowest BCUT2D eigenvalue weighted by Crippen LogP contribution is -2.30. The Morgan fingerprint density at radius 3 is 0.541 bits per heavy atom. The van der Waals surface area contributed by atoms with Crippen molar-refractivity contribution in [3.8, 4) is 0 Å². The predicted molar refractivity (Wildman–Crippen MR) is 321 cm³/mol. The second-order valence-corrected chi connectivity index (χ2v) is 23.5. The smallest absolute Gasteiger partial charge is 0.306 e. The molecule has 0 aromatic rings. The molecule has 74 heavy (non-hydrogen) atoms. The van der Waals surface area contributed by atoms with Gasteiger partial charge in [0.1, 0.15) is 13.2 Å². The Labute approximate surface area is 463 Å². The van der Waals surface area contributed by atoms with Crippen molar-refractivity contribution in [2.45, 2.75) is 406 Å². The van der Waals surface area contributed by atoms with Crippen molar-refractivity contribution in [2.24, 2.45) is 0 Å². The van der Waals surface area contributed by atoms with E-state index in [0.29, 0.717) is 19.3 Å². The molecule has 0 aromatic carbocycles. The Morgan fingerprint density at radius 1 is 0.216 bits per heavy atom. The Balaban J connectivity index is 4.22. The van der Waals surface area contributed by atoms with Gasteiger partial charge in [-0.05, 0) is 19.3 Å². The van der Waals surface area contributed by atoms with E-state index in [1.54, 1.807) is 0 Å². The molecule has 0 amide bonds. The van der Waals surface area contributed by atoms with Crippen LogP contribution in [0, 0.1) is 0 Å². The number of hydrogen-bond acceptors (Lipinski definition) is 6. The van der Waals surface area contributed by atoms with E-state index in [-0.39, 0.29) is 31.1 Å². The van der Waals surface area contributed by atoms with Crippen LogP contribution in [0.2, 0.25) is 0 Å². The monoisotopic (exact) mass is 1050 g/mol. The van der Waals surface area contributed by atoms with Crippen LogP contribution in [0.5, 0.6) is 0 Å². The fraction of sp³-hybridized carbons (Fsp3) is 0.956. The molecule has 6 nitrogen and oxygen atoms in total. The van der Waals surface area contributed by atoms with Crippen molar-refractivity contribution in [3.05, 3.63) is 0 Å². The minimum Gasteiger partial charge on any atom is -0.462 e. The molecule has 1 atom stereocenters. The second-order valence-electron chi connectivity index (χ2n) is 23.5. The molecule has 440 valence electrons. The zero-order valence-corrected chi connectivity index (χ0v) is 50.7. The number of ether oxygens (including phenoxy) is 3. The lowest BCUT2D eigenvalue weighted by atomic mass is 10.0. The van der Waals surface area contributed by atoms with Gasteiger partial charge in [0, 0.05) is 19.3 Å². The molecule has 0 aliphatic rings. The molecule has 0 fully saturated rings. The topological polar surface area (TPSA) is 78.9 Å². The largest absolute Gasteiger partial charge is 0.462 e. The number of hydrogen-bond donors (Lipinski definition) is 0. The van der Waals surface area contributed by atoms with Gasteiger partial charge in [-0.25, -0.2) is 0 Å². The van der Waals surface area contributed by atoms with Crippen LogP contribution in [-0.4, -0.2) is 37.2 Å². The summed E-state index contributed by atoms with van der Waals surface area (Å²) >= 11 is 0. The third kappa shape index (κ3) is 61.3. The molecule has 1 unspecified atom stereocenters. The van der Waals surface area contributed by atoms with Crippen molar-refractivity contribution >= 4 is 17.9 Å². The Kier molecular flexibility index (Phi) is 62.6. The van der Waals surface area contributed by atoms with Crippen molar-refractivity contribution < 1.29 is 28.6 Å². The van der Waals surface area contributed by atoms with Gasteiger partial charge in [0.05, 0.1) is 0 Å². The maximum Gasteiger partial charge on any atom is 0.306 e. The summed E-state index contributed by atoms with van der Waals surface area (Å²) in [5, 5.41) is 0. The van der Waals surface area contributed by atoms with Gasteiger partial charge >= 0.3 is 17.9 Å². The lowest BCUT2D eigenvalue weighted by molar-refractivity contribution is -0.167. The molecule has 0 radical (unpaired) electrons. The number of unbranched alkanes of at least 4 members (excludes halogenated alkanes) is 53. The van der Waals surface area contributed by atoms with Crippen molar-refractivity contribution in [2.75, 3.05) is 13.2 Å². The summed E-state index contributed by atoms with van der Waals surface area (Å²) in [7, 11) is 0. The van der Waals surface area contributed by atoms with E-state index >= 15 is 0 Å². The Hall–Kier alpha value is -1.59. The Morgan fingerprint density at radius 2 is 0.365 bits per heavy atom. The highest BCUT2D eigenvalue weighted by Gasteiger charge is 2.19. The summed E-state index contributed by atoms with van der Waals surface area (Å²) in [6, 6.07) is 0. The zero-order chi connectivity index (χ0) is 53.6.